The molecule has 0 radical (unpaired) electrons. The minimum Gasteiger partial charge on any atom is -0.198 e. The molecule has 0 saturated carbocycles. The summed E-state index contributed by atoms with van der Waals surface area (Å²) in [5, 5.41) is 3.98. The normalized spacial score (nSPS) is 10.5. The molecule has 3 heteroatoms. The van der Waals surface area contributed by atoms with Crippen molar-refractivity contribution in [2.45, 2.75) is 19.6 Å². The van der Waals surface area contributed by atoms with E-state index < -0.39 is 8.07 Å². The molecule has 0 aromatic carbocycles. The first kappa shape index (κ1) is 8.09. The van der Waals surface area contributed by atoms with Gasteiger partial charge in [0.15, 0.2) is 0 Å². The van der Waals surface area contributed by atoms with E-state index >= 15 is 0 Å². The molecule has 0 aliphatic rings. The summed E-state index contributed by atoms with van der Waals surface area (Å²) < 4.78 is 1.65. The molecule has 1 heterocycles. The lowest BCUT2D eigenvalue weighted by molar-refractivity contribution is 0.917. The standard InChI is InChI=1S/C8H12N2Si/c1-11(2,3)8-7-10-6-4-5-9-10/h4-6H,1-3H3. The number of hydrogen-bond donors (Lipinski definition) is 0. The Bertz CT molecular complexity index is 271. The highest BCUT2D eigenvalue weighted by atomic mass is 28.3. The van der Waals surface area contributed by atoms with Gasteiger partial charge in [-0.3, -0.25) is 0 Å². The fraction of sp³-hybridized carbons (Fsp3) is 0.375. The summed E-state index contributed by atoms with van der Waals surface area (Å²) in [4.78, 5) is 0. The Hall–Kier alpha value is -1.01. The van der Waals surface area contributed by atoms with Gasteiger partial charge in [0.2, 0.25) is 0 Å². The topological polar surface area (TPSA) is 17.8 Å². The summed E-state index contributed by atoms with van der Waals surface area (Å²) in [6, 6.07) is 4.86. The summed E-state index contributed by atoms with van der Waals surface area (Å²) in [7, 11) is -1.24. The summed E-state index contributed by atoms with van der Waals surface area (Å²) in [6.45, 7) is 6.64. The van der Waals surface area contributed by atoms with Crippen LogP contribution >= 0.6 is 0 Å². The fourth-order valence-electron chi connectivity index (χ4n) is 0.560. The maximum absolute atomic E-state index is 3.98. The number of rotatable bonds is 0. The van der Waals surface area contributed by atoms with E-state index in [0.717, 1.165) is 0 Å². The predicted octanol–water partition coefficient (Wildman–Crippen LogP) is 1.57. The Balaban J connectivity index is 2.74. The average Bonchev–Trinajstić information content (AvgIpc) is 2.32. The van der Waals surface area contributed by atoms with E-state index in [1.807, 2.05) is 12.3 Å². The quantitative estimate of drug-likeness (QED) is 0.420. The lowest BCUT2D eigenvalue weighted by Crippen LogP contribution is -2.16. The molecular weight excluding hydrogens is 152 g/mol. The van der Waals surface area contributed by atoms with E-state index in [0.29, 0.717) is 0 Å². The third-order valence-corrected chi connectivity index (χ3v) is 1.91. The highest BCUT2D eigenvalue weighted by molar-refractivity contribution is 6.83. The molecule has 0 unspecified atom stereocenters. The van der Waals surface area contributed by atoms with Crippen LogP contribution in [0.2, 0.25) is 19.6 Å². The number of nitrogens with zero attached hydrogens (tertiary/aromatic N) is 2. The summed E-state index contributed by atoms with van der Waals surface area (Å²) >= 11 is 0. The van der Waals surface area contributed by atoms with Gasteiger partial charge in [-0.1, -0.05) is 19.6 Å². The van der Waals surface area contributed by atoms with Crippen molar-refractivity contribution < 1.29 is 0 Å². The van der Waals surface area contributed by atoms with Crippen molar-refractivity contribution in [2.24, 2.45) is 0 Å². The second-order valence-corrected chi connectivity index (χ2v) is 8.19. The summed E-state index contributed by atoms with van der Waals surface area (Å²) in [5.74, 6) is 0. The van der Waals surface area contributed by atoms with Gasteiger partial charge < -0.3 is 0 Å². The van der Waals surface area contributed by atoms with Gasteiger partial charge in [-0.25, -0.2) is 0 Å². The molecule has 2 nitrogen and oxygen atoms in total. The molecule has 0 spiro atoms. The molecule has 58 valence electrons. The maximum atomic E-state index is 3.98. The highest BCUT2D eigenvalue weighted by Crippen LogP contribution is 1.95. The minimum absolute atomic E-state index is 1.24. The van der Waals surface area contributed by atoms with Crippen molar-refractivity contribution in [2.75, 3.05) is 0 Å². The minimum atomic E-state index is -1.24. The monoisotopic (exact) mass is 164 g/mol. The third-order valence-electron chi connectivity index (χ3n) is 1.05. The second-order valence-electron chi connectivity index (χ2n) is 3.44. The Kier molecular flexibility index (Phi) is 2.15. The van der Waals surface area contributed by atoms with Gasteiger partial charge in [-0.2, -0.15) is 9.78 Å². The van der Waals surface area contributed by atoms with Gasteiger partial charge in [0.1, 0.15) is 8.07 Å². The Morgan fingerprint density at radius 1 is 1.36 bits per heavy atom. The molecular formula is C8H12N2Si. The Morgan fingerprint density at radius 2 is 2.09 bits per heavy atom. The molecule has 0 aliphatic heterocycles. The van der Waals surface area contributed by atoms with Gasteiger partial charge in [0.05, 0.1) is 6.20 Å². The van der Waals surface area contributed by atoms with Gasteiger partial charge >= 0.3 is 0 Å². The van der Waals surface area contributed by atoms with Crippen molar-refractivity contribution in [1.29, 1.82) is 0 Å². The van der Waals surface area contributed by atoms with Crippen LogP contribution in [0.5, 0.6) is 0 Å². The first-order valence-corrected chi connectivity index (χ1v) is 7.11. The van der Waals surface area contributed by atoms with Crippen molar-refractivity contribution in [3.8, 4) is 11.6 Å². The lowest BCUT2D eigenvalue weighted by Gasteiger charge is -2.02. The van der Waals surface area contributed by atoms with Crippen molar-refractivity contribution >= 4 is 8.07 Å². The average molecular weight is 164 g/mol. The van der Waals surface area contributed by atoms with Gasteiger partial charge in [-0.05, 0) is 6.07 Å². The number of aromatic nitrogens is 2. The smallest absolute Gasteiger partial charge is 0.131 e. The van der Waals surface area contributed by atoms with E-state index in [9.17, 15) is 0 Å². The van der Waals surface area contributed by atoms with Crippen molar-refractivity contribution in [1.82, 2.24) is 9.78 Å². The molecule has 0 bridgehead atoms. The zero-order valence-corrected chi connectivity index (χ0v) is 8.13. The van der Waals surface area contributed by atoms with E-state index in [1.165, 1.54) is 0 Å². The molecule has 0 saturated heterocycles. The molecule has 11 heavy (non-hydrogen) atoms. The molecule has 1 rings (SSSR count). The van der Waals surface area contributed by atoms with Crippen LogP contribution in [0, 0.1) is 11.6 Å². The maximum Gasteiger partial charge on any atom is 0.131 e. The predicted molar refractivity (Wildman–Crippen MR) is 48.7 cm³/mol. The van der Waals surface area contributed by atoms with Crippen LogP contribution in [0.25, 0.3) is 0 Å². The van der Waals surface area contributed by atoms with Crippen LogP contribution in [-0.2, 0) is 0 Å². The van der Waals surface area contributed by atoms with Crippen LogP contribution in [0.15, 0.2) is 18.5 Å². The molecule has 0 atom stereocenters. The molecule has 0 aliphatic carbocycles. The molecule has 0 N–H and O–H groups in total. The molecule has 0 fully saturated rings. The first-order valence-electron chi connectivity index (χ1n) is 3.61. The van der Waals surface area contributed by atoms with Crippen LogP contribution < -0.4 is 0 Å². The third kappa shape index (κ3) is 3.05. The van der Waals surface area contributed by atoms with Crippen LogP contribution in [-0.4, -0.2) is 17.9 Å². The van der Waals surface area contributed by atoms with E-state index in [4.69, 9.17) is 0 Å². The second kappa shape index (κ2) is 2.93. The summed E-state index contributed by atoms with van der Waals surface area (Å²) in [5.41, 5.74) is 3.21. The zero-order chi connectivity index (χ0) is 8.32. The van der Waals surface area contributed by atoms with Crippen LogP contribution in [0.3, 0.4) is 0 Å². The summed E-state index contributed by atoms with van der Waals surface area (Å²) in [6.07, 6.45) is 3.59. The van der Waals surface area contributed by atoms with Crippen molar-refractivity contribution in [3.05, 3.63) is 18.5 Å². The van der Waals surface area contributed by atoms with Gasteiger partial charge in [0, 0.05) is 12.2 Å². The molecule has 1 aromatic heterocycles. The van der Waals surface area contributed by atoms with Crippen LogP contribution in [0.4, 0.5) is 0 Å². The first-order chi connectivity index (χ1) is 5.08. The largest absolute Gasteiger partial charge is 0.198 e. The lowest BCUT2D eigenvalue weighted by atomic mass is 10.8. The highest BCUT2D eigenvalue weighted by Gasteiger charge is 2.07. The van der Waals surface area contributed by atoms with Gasteiger partial charge in [-0.15, -0.1) is 5.54 Å². The van der Waals surface area contributed by atoms with E-state index in [1.54, 1.807) is 10.9 Å². The Morgan fingerprint density at radius 3 is 2.55 bits per heavy atom. The fourth-order valence-corrected chi connectivity index (χ4v) is 1.01. The van der Waals surface area contributed by atoms with E-state index in [2.05, 4.69) is 36.3 Å². The van der Waals surface area contributed by atoms with E-state index in [-0.39, 0.29) is 0 Å². The Labute approximate surface area is 68.2 Å². The SMILES string of the molecule is C[Si](C)(C)C#Cn1cccn1. The van der Waals surface area contributed by atoms with Crippen molar-refractivity contribution in [3.63, 3.8) is 0 Å². The molecule has 1 aromatic rings. The molecule has 0 amide bonds. The zero-order valence-electron chi connectivity index (χ0n) is 7.13. The number of hydrogen-bond acceptors (Lipinski definition) is 1. The van der Waals surface area contributed by atoms with Crippen LogP contribution in [0.1, 0.15) is 0 Å². The van der Waals surface area contributed by atoms with Gasteiger partial charge in [0.25, 0.3) is 0 Å².